The summed E-state index contributed by atoms with van der Waals surface area (Å²) in [4.78, 5) is 15.6. The number of methoxy groups -OCH3 is 1. The van der Waals surface area contributed by atoms with Crippen LogP contribution in [0.25, 0.3) is 5.69 Å². The summed E-state index contributed by atoms with van der Waals surface area (Å²) in [5.41, 5.74) is 6.56. The van der Waals surface area contributed by atoms with Crippen molar-refractivity contribution in [3.63, 3.8) is 0 Å². The van der Waals surface area contributed by atoms with Crippen LogP contribution in [0.3, 0.4) is 0 Å². The second kappa shape index (κ2) is 10.6. The Hall–Kier alpha value is -3.57. The van der Waals surface area contributed by atoms with Gasteiger partial charge in [0.25, 0.3) is 0 Å². The van der Waals surface area contributed by atoms with E-state index in [-0.39, 0.29) is 18.1 Å². The molecule has 0 atom stereocenters. The monoisotopic (exact) mass is 503 g/mol. The first-order chi connectivity index (χ1) is 17.2. The molecule has 0 radical (unpaired) electrons. The predicted molar refractivity (Wildman–Crippen MR) is 128 cm³/mol. The Balaban J connectivity index is 1.67. The van der Waals surface area contributed by atoms with Gasteiger partial charge < -0.3 is 15.6 Å². The number of hydrogen-bond acceptors (Lipinski definition) is 5. The molecule has 1 fully saturated rings. The van der Waals surface area contributed by atoms with Crippen molar-refractivity contribution in [1.29, 1.82) is 0 Å². The molecular formula is C25H28F3N5O3. The zero-order valence-corrected chi connectivity index (χ0v) is 19.8. The summed E-state index contributed by atoms with van der Waals surface area (Å²) in [6.45, 7) is 1.95. The van der Waals surface area contributed by atoms with E-state index in [0.29, 0.717) is 37.2 Å². The van der Waals surface area contributed by atoms with Gasteiger partial charge in [0.2, 0.25) is 0 Å². The normalized spacial score (nSPS) is 15.1. The first kappa shape index (κ1) is 25.5. The number of amides is 1. The summed E-state index contributed by atoms with van der Waals surface area (Å²) >= 11 is 0. The maximum absolute atomic E-state index is 13.7. The lowest BCUT2D eigenvalue weighted by Crippen LogP contribution is -2.47. The average molecular weight is 504 g/mol. The van der Waals surface area contributed by atoms with Gasteiger partial charge in [-0.3, -0.25) is 9.80 Å². The summed E-state index contributed by atoms with van der Waals surface area (Å²) < 4.78 is 47.2. The SMILES string of the molecule is COc1ccc(-n2nc(C(F)(F)F)cc2N(C(=O)O)C2CCN(Cc3ccccc3)CC2)c(CN)c1. The number of nitrogens with two attached hydrogens (primary N) is 1. The van der Waals surface area contributed by atoms with Crippen LogP contribution in [0.1, 0.15) is 29.7 Å². The van der Waals surface area contributed by atoms with Crippen LogP contribution in [0.2, 0.25) is 0 Å². The number of hydrogen-bond donors (Lipinski definition) is 2. The third-order valence-electron chi connectivity index (χ3n) is 6.34. The topological polar surface area (TPSA) is 96.8 Å². The van der Waals surface area contributed by atoms with Gasteiger partial charge in [0.1, 0.15) is 11.6 Å². The zero-order valence-electron chi connectivity index (χ0n) is 19.8. The Kier molecular flexibility index (Phi) is 7.51. The van der Waals surface area contributed by atoms with Gasteiger partial charge in [-0.15, -0.1) is 0 Å². The molecule has 1 aliphatic heterocycles. The van der Waals surface area contributed by atoms with Crippen LogP contribution in [-0.4, -0.2) is 52.1 Å². The number of likely N-dealkylation sites (tertiary alicyclic amines) is 1. The Labute approximate surface area is 206 Å². The molecular weight excluding hydrogens is 475 g/mol. The standard InChI is InChI=1S/C25H28F3N5O3/c1-36-20-7-8-21(18(13-20)15-29)33-23(14-22(30-33)25(26,27)28)32(24(34)35)19-9-11-31(12-10-19)16-17-5-3-2-4-6-17/h2-8,13-14,19H,9-12,15-16,29H2,1H3,(H,34,35). The quantitative estimate of drug-likeness (QED) is 0.493. The van der Waals surface area contributed by atoms with Crippen molar-refractivity contribution in [3.05, 3.63) is 71.4 Å². The number of benzene rings is 2. The van der Waals surface area contributed by atoms with Crippen molar-refractivity contribution in [2.75, 3.05) is 25.1 Å². The number of ether oxygens (including phenoxy) is 1. The third-order valence-corrected chi connectivity index (χ3v) is 6.34. The van der Waals surface area contributed by atoms with Gasteiger partial charge in [-0.25, -0.2) is 9.48 Å². The van der Waals surface area contributed by atoms with Gasteiger partial charge in [-0.2, -0.15) is 18.3 Å². The first-order valence-corrected chi connectivity index (χ1v) is 11.5. The van der Waals surface area contributed by atoms with Gasteiger partial charge in [-0.1, -0.05) is 30.3 Å². The van der Waals surface area contributed by atoms with E-state index < -0.39 is 24.0 Å². The molecule has 0 spiro atoms. The highest BCUT2D eigenvalue weighted by Gasteiger charge is 2.39. The minimum atomic E-state index is -4.75. The molecule has 36 heavy (non-hydrogen) atoms. The fourth-order valence-electron chi connectivity index (χ4n) is 4.54. The highest BCUT2D eigenvalue weighted by molar-refractivity contribution is 5.86. The molecule has 3 N–H and O–H groups in total. The van der Waals surface area contributed by atoms with Crippen LogP contribution in [-0.2, 0) is 19.3 Å². The highest BCUT2D eigenvalue weighted by Crippen LogP contribution is 2.35. The van der Waals surface area contributed by atoms with Crippen LogP contribution in [0.15, 0.2) is 54.6 Å². The first-order valence-electron chi connectivity index (χ1n) is 11.5. The number of aromatic nitrogens is 2. The van der Waals surface area contributed by atoms with Gasteiger partial charge in [-0.05, 0) is 42.2 Å². The van der Waals surface area contributed by atoms with Gasteiger partial charge >= 0.3 is 12.3 Å². The number of alkyl halides is 3. The van der Waals surface area contributed by atoms with Crippen LogP contribution in [0, 0.1) is 0 Å². The van der Waals surface area contributed by atoms with Gasteiger partial charge in [0.15, 0.2) is 5.69 Å². The molecule has 0 aliphatic carbocycles. The van der Waals surface area contributed by atoms with E-state index in [1.807, 2.05) is 30.3 Å². The molecule has 3 aromatic rings. The number of nitrogens with zero attached hydrogens (tertiary/aromatic N) is 4. The molecule has 2 aromatic carbocycles. The van der Waals surface area contributed by atoms with E-state index in [4.69, 9.17) is 10.5 Å². The molecule has 1 aromatic heterocycles. The molecule has 2 heterocycles. The maximum atomic E-state index is 13.7. The molecule has 4 rings (SSSR count). The van der Waals surface area contributed by atoms with Gasteiger partial charge in [0, 0.05) is 38.3 Å². The van der Waals surface area contributed by atoms with E-state index in [9.17, 15) is 23.1 Å². The highest BCUT2D eigenvalue weighted by atomic mass is 19.4. The van der Waals surface area contributed by atoms with E-state index in [1.165, 1.54) is 13.2 Å². The Bertz CT molecular complexity index is 1190. The Morgan fingerprint density at radius 2 is 1.86 bits per heavy atom. The lowest BCUT2D eigenvalue weighted by atomic mass is 10.0. The van der Waals surface area contributed by atoms with Crippen LogP contribution < -0.4 is 15.4 Å². The van der Waals surface area contributed by atoms with Crippen LogP contribution >= 0.6 is 0 Å². The summed E-state index contributed by atoms with van der Waals surface area (Å²) in [5.74, 6) is 0.307. The van der Waals surface area contributed by atoms with Crippen molar-refractivity contribution in [3.8, 4) is 11.4 Å². The molecule has 11 heteroatoms. The minimum Gasteiger partial charge on any atom is -0.497 e. The molecule has 0 unspecified atom stereocenters. The number of anilines is 1. The van der Waals surface area contributed by atoms with Crippen molar-refractivity contribution >= 4 is 11.9 Å². The summed E-state index contributed by atoms with van der Waals surface area (Å²) in [7, 11) is 1.47. The molecule has 1 aliphatic rings. The second-order valence-corrected chi connectivity index (χ2v) is 8.64. The molecule has 192 valence electrons. The number of rotatable bonds is 7. The fraction of sp³-hybridized carbons (Fsp3) is 0.360. The minimum absolute atomic E-state index is 0.00185. The average Bonchev–Trinajstić information content (AvgIpc) is 3.30. The lowest BCUT2D eigenvalue weighted by molar-refractivity contribution is -0.141. The van der Waals surface area contributed by atoms with Gasteiger partial charge in [0.05, 0.1) is 12.8 Å². The largest absolute Gasteiger partial charge is 0.497 e. The molecule has 8 nitrogen and oxygen atoms in total. The molecule has 0 saturated carbocycles. The van der Waals surface area contributed by atoms with Crippen molar-refractivity contribution in [2.45, 2.75) is 38.1 Å². The van der Waals surface area contributed by atoms with E-state index in [0.717, 1.165) is 27.8 Å². The van der Waals surface area contributed by atoms with Crippen molar-refractivity contribution < 1.29 is 27.8 Å². The van der Waals surface area contributed by atoms with Crippen molar-refractivity contribution in [1.82, 2.24) is 14.7 Å². The zero-order chi connectivity index (χ0) is 25.9. The lowest BCUT2D eigenvalue weighted by Gasteiger charge is -2.37. The maximum Gasteiger partial charge on any atom is 0.435 e. The molecule has 1 saturated heterocycles. The van der Waals surface area contributed by atoms with Crippen LogP contribution in [0.5, 0.6) is 5.75 Å². The molecule has 0 bridgehead atoms. The van der Waals surface area contributed by atoms with E-state index in [1.54, 1.807) is 12.1 Å². The number of carbonyl (C=O) groups is 1. The third kappa shape index (κ3) is 5.47. The summed E-state index contributed by atoms with van der Waals surface area (Å²) in [6.07, 6.45) is -5.15. The fourth-order valence-corrected chi connectivity index (χ4v) is 4.54. The van der Waals surface area contributed by atoms with Crippen molar-refractivity contribution in [2.24, 2.45) is 5.73 Å². The molecule has 1 amide bonds. The van der Waals surface area contributed by atoms with E-state index >= 15 is 0 Å². The Morgan fingerprint density at radius 1 is 1.17 bits per heavy atom. The van der Waals surface area contributed by atoms with Crippen LogP contribution in [0.4, 0.5) is 23.8 Å². The smallest absolute Gasteiger partial charge is 0.435 e. The summed E-state index contributed by atoms with van der Waals surface area (Å²) in [6, 6.07) is 14.9. The number of piperidine rings is 1. The van der Waals surface area contributed by atoms with E-state index in [2.05, 4.69) is 10.00 Å². The predicted octanol–water partition coefficient (Wildman–Crippen LogP) is 4.51. The Morgan fingerprint density at radius 3 is 2.44 bits per heavy atom. The summed E-state index contributed by atoms with van der Waals surface area (Å²) in [5, 5.41) is 13.9. The number of halogens is 3. The number of carboxylic acid groups (broad SMARTS) is 1. The second-order valence-electron chi connectivity index (χ2n) is 8.64.